The molecule has 2 heterocycles. The highest BCUT2D eigenvalue weighted by molar-refractivity contribution is 7.91. The second-order valence-corrected chi connectivity index (χ2v) is 11.1. The third-order valence-electron chi connectivity index (χ3n) is 6.66. The predicted octanol–water partition coefficient (Wildman–Crippen LogP) is 2.31. The van der Waals surface area contributed by atoms with Gasteiger partial charge in [0.1, 0.15) is 0 Å². The van der Waals surface area contributed by atoms with Crippen LogP contribution in [0.4, 0.5) is 0 Å². The maximum atomic E-state index is 13.0. The standard InChI is InChI=1S/C21H34N4O3S/c26-17-24-10-4-9-23(11-12-24)15-20-13-22-21(29(27,28)16-19-7-8-19)25(20)14-18-5-2-1-3-6-18/h13,17-19H,1-12,14-16H2. The number of imidazole rings is 1. The number of carbonyl (C=O) groups excluding carboxylic acids is 1. The van der Waals surface area contributed by atoms with E-state index in [-0.39, 0.29) is 10.9 Å². The average Bonchev–Trinajstić information content (AvgIpc) is 3.47. The predicted molar refractivity (Wildman–Crippen MR) is 111 cm³/mol. The first-order valence-corrected chi connectivity index (χ1v) is 12.9. The lowest BCUT2D eigenvalue weighted by atomic mass is 9.89. The Morgan fingerprint density at radius 2 is 1.76 bits per heavy atom. The van der Waals surface area contributed by atoms with Gasteiger partial charge in [0.25, 0.3) is 0 Å². The van der Waals surface area contributed by atoms with E-state index in [9.17, 15) is 13.2 Å². The molecule has 0 aromatic carbocycles. The third-order valence-corrected chi connectivity index (χ3v) is 8.45. The molecule has 2 aliphatic carbocycles. The van der Waals surface area contributed by atoms with Crippen molar-refractivity contribution in [1.29, 1.82) is 0 Å². The summed E-state index contributed by atoms with van der Waals surface area (Å²) in [6.07, 6.45) is 11.8. The first kappa shape index (κ1) is 20.8. The number of hydrogen-bond acceptors (Lipinski definition) is 5. The molecule has 29 heavy (non-hydrogen) atoms. The Morgan fingerprint density at radius 3 is 2.48 bits per heavy atom. The Morgan fingerprint density at radius 1 is 0.966 bits per heavy atom. The van der Waals surface area contributed by atoms with Crippen LogP contribution in [0, 0.1) is 11.8 Å². The van der Waals surface area contributed by atoms with E-state index in [0.29, 0.717) is 18.4 Å². The van der Waals surface area contributed by atoms with Gasteiger partial charge in [0.2, 0.25) is 21.4 Å². The van der Waals surface area contributed by atoms with Crippen LogP contribution in [0.25, 0.3) is 0 Å². The van der Waals surface area contributed by atoms with Gasteiger partial charge >= 0.3 is 0 Å². The fourth-order valence-electron chi connectivity index (χ4n) is 4.74. The molecule has 0 spiro atoms. The van der Waals surface area contributed by atoms with Crippen molar-refractivity contribution in [1.82, 2.24) is 19.4 Å². The Labute approximate surface area is 174 Å². The number of hydrogen-bond donors (Lipinski definition) is 0. The van der Waals surface area contributed by atoms with E-state index in [1.807, 2.05) is 9.47 Å². The number of aromatic nitrogens is 2. The van der Waals surface area contributed by atoms with Crippen molar-refractivity contribution in [3.05, 3.63) is 11.9 Å². The highest BCUT2D eigenvalue weighted by Gasteiger charge is 2.33. The van der Waals surface area contributed by atoms with Crippen LogP contribution < -0.4 is 0 Å². The molecule has 0 radical (unpaired) electrons. The molecule has 0 unspecified atom stereocenters. The molecule has 1 aliphatic heterocycles. The van der Waals surface area contributed by atoms with E-state index in [2.05, 4.69) is 9.88 Å². The number of rotatable bonds is 8. The zero-order valence-corrected chi connectivity index (χ0v) is 18.2. The molecular formula is C21H34N4O3S. The van der Waals surface area contributed by atoms with Gasteiger partial charge in [-0.1, -0.05) is 19.3 Å². The lowest BCUT2D eigenvalue weighted by Crippen LogP contribution is -2.31. The second kappa shape index (κ2) is 9.16. The van der Waals surface area contributed by atoms with Crippen molar-refractivity contribution in [3.8, 4) is 0 Å². The topological polar surface area (TPSA) is 75.5 Å². The van der Waals surface area contributed by atoms with Crippen LogP contribution in [0.5, 0.6) is 0 Å². The number of sulfone groups is 1. The molecule has 0 atom stereocenters. The Hall–Kier alpha value is -1.41. The molecule has 0 bridgehead atoms. The van der Waals surface area contributed by atoms with Crippen molar-refractivity contribution >= 4 is 16.2 Å². The van der Waals surface area contributed by atoms with Crippen LogP contribution in [-0.4, -0.2) is 66.1 Å². The fourth-order valence-corrected chi connectivity index (χ4v) is 6.59. The average molecular weight is 423 g/mol. The van der Waals surface area contributed by atoms with Gasteiger partial charge in [-0.3, -0.25) is 9.69 Å². The van der Waals surface area contributed by atoms with E-state index in [4.69, 9.17) is 0 Å². The van der Waals surface area contributed by atoms with Crippen molar-refractivity contribution in [3.63, 3.8) is 0 Å². The lowest BCUT2D eigenvalue weighted by molar-refractivity contribution is -0.118. The molecule has 1 saturated heterocycles. The smallest absolute Gasteiger partial charge is 0.227 e. The molecule has 3 aliphatic rings. The van der Waals surface area contributed by atoms with Crippen molar-refractivity contribution in [2.24, 2.45) is 11.8 Å². The monoisotopic (exact) mass is 422 g/mol. The summed E-state index contributed by atoms with van der Waals surface area (Å²) in [6.45, 7) is 4.73. The van der Waals surface area contributed by atoms with Gasteiger partial charge in [-0.25, -0.2) is 13.4 Å². The third kappa shape index (κ3) is 5.40. The molecule has 2 saturated carbocycles. The summed E-state index contributed by atoms with van der Waals surface area (Å²) in [5, 5.41) is 0.286. The van der Waals surface area contributed by atoms with Crippen molar-refractivity contribution in [2.45, 2.75) is 69.6 Å². The summed E-state index contributed by atoms with van der Waals surface area (Å²) in [5.41, 5.74) is 1.00. The van der Waals surface area contributed by atoms with Crippen LogP contribution in [0.1, 0.15) is 57.1 Å². The first-order chi connectivity index (χ1) is 14.0. The zero-order valence-electron chi connectivity index (χ0n) is 17.3. The number of amides is 1. The molecule has 8 heteroatoms. The fraction of sp³-hybridized carbons (Fsp3) is 0.810. The maximum Gasteiger partial charge on any atom is 0.227 e. The highest BCUT2D eigenvalue weighted by atomic mass is 32.2. The molecule has 3 fully saturated rings. The van der Waals surface area contributed by atoms with Crippen LogP contribution in [0.3, 0.4) is 0 Å². The van der Waals surface area contributed by atoms with Crippen molar-refractivity contribution in [2.75, 3.05) is 31.9 Å². The van der Waals surface area contributed by atoms with Crippen LogP contribution in [0.15, 0.2) is 11.4 Å². The van der Waals surface area contributed by atoms with E-state index in [1.54, 1.807) is 6.20 Å². The summed E-state index contributed by atoms with van der Waals surface area (Å²) in [4.78, 5) is 19.7. The van der Waals surface area contributed by atoms with E-state index < -0.39 is 9.84 Å². The van der Waals surface area contributed by atoms with E-state index >= 15 is 0 Å². The second-order valence-electron chi connectivity index (χ2n) is 9.14. The quantitative estimate of drug-likeness (QED) is 0.601. The number of carbonyl (C=O) groups is 1. The minimum atomic E-state index is -3.34. The molecular weight excluding hydrogens is 388 g/mol. The summed E-state index contributed by atoms with van der Waals surface area (Å²) in [6, 6.07) is 0. The van der Waals surface area contributed by atoms with E-state index in [1.165, 1.54) is 32.1 Å². The molecule has 162 valence electrons. The Balaban J connectivity index is 1.54. The van der Waals surface area contributed by atoms with Gasteiger partial charge in [0.15, 0.2) is 0 Å². The minimum absolute atomic E-state index is 0.242. The van der Waals surface area contributed by atoms with Gasteiger partial charge in [-0.15, -0.1) is 0 Å². The zero-order chi connectivity index (χ0) is 20.3. The molecule has 7 nitrogen and oxygen atoms in total. The SMILES string of the molecule is O=CN1CCCN(Cc2cnc(S(=O)(=O)CC3CC3)n2CC2CCCCC2)CC1. The van der Waals surface area contributed by atoms with E-state index in [0.717, 1.165) is 64.1 Å². The lowest BCUT2D eigenvalue weighted by Gasteiger charge is -2.25. The Kier molecular flexibility index (Phi) is 6.59. The van der Waals surface area contributed by atoms with Gasteiger partial charge in [0.05, 0.1) is 17.6 Å². The largest absolute Gasteiger partial charge is 0.344 e. The number of nitrogens with zero attached hydrogens (tertiary/aromatic N) is 4. The molecule has 4 rings (SSSR count). The summed E-state index contributed by atoms with van der Waals surface area (Å²) >= 11 is 0. The van der Waals surface area contributed by atoms with Gasteiger partial charge < -0.3 is 9.47 Å². The summed E-state index contributed by atoms with van der Waals surface area (Å²) < 4.78 is 28.1. The molecule has 1 aromatic heterocycles. The summed E-state index contributed by atoms with van der Waals surface area (Å²) in [7, 11) is -3.34. The summed E-state index contributed by atoms with van der Waals surface area (Å²) in [5.74, 6) is 1.11. The maximum absolute atomic E-state index is 13.0. The minimum Gasteiger partial charge on any atom is -0.344 e. The molecule has 1 amide bonds. The van der Waals surface area contributed by atoms with Crippen molar-refractivity contribution < 1.29 is 13.2 Å². The van der Waals surface area contributed by atoms with Crippen LogP contribution in [0.2, 0.25) is 0 Å². The van der Waals surface area contributed by atoms with Crippen LogP contribution in [-0.2, 0) is 27.7 Å². The van der Waals surface area contributed by atoms with Gasteiger partial charge in [-0.2, -0.15) is 0 Å². The van der Waals surface area contributed by atoms with Gasteiger partial charge in [-0.05, 0) is 43.9 Å². The van der Waals surface area contributed by atoms with Gasteiger partial charge in [0, 0.05) is 39.3 Å². The normalized spacial score (nSPS) is 22.6. The Bertz CT molecular complexity index is 797. The first-order valence-electron chi connectivity index (χ1n) is 11.2. The molecule has 0 N–H and O–H groups in total. The van der Waals surface area contributed by atoms with Crippen LogP contribution >= 0.6 is 0 Å². The highest BCUT2D eigenvalue weighted by Crippen LogP contribution is 2.33. The molecule has 1 aromatic rings.